The van der Waals surface area contributed by atoms with Gasteiger partial charge >= 0.3 is 0 Å². The van der Waals surface area contributed by atoms with Crippen molar-refractivity contribution in [3.63, 3.8) is 0 Å². The molecule has 1 N–H and O–H groups in total. The number of phenols is 1. The maximum absolute atomic E-state index is 9.33. The predicted octanol–water partition coefficient (Wildman–Crippen LogP) is 0.799. The van der Waals surface area contributed by atoms with Crippen LogP contribution in [0.25, 0.3) is 0 Å². The van der Waals surface area contributed by atoms with Gasteiger partial charge in [-0.05, 0) is 24.7 Å². The van der Waals surface area contributed by atoms with Crippen LogP contribution < -0.4 is 14.6 Å². The monoisotopic (exact) mass is 298 g/mol. The van der Waals surface area contributed by atoms with Gasteiger partial charge in [0.1, 0.15) is 5.75 Å². The number of rotatable bonds is 5. The Morgan fingerprint density at radius 1 is 0.909 bits per heavy atom. The van der Waals surface area contributed by atoms with Crippen molar-refractivity contribution >= 4 is 25.8 Å². The highest BCUT2D eigenvalue weighted by Crippen LogP contribution is 2.18. The van der Waals surface area contributed by atoms with E-state index in [1.807, 2.05) is 38.2 Å². The van der Waals surface area contributed by atoms with Gasteiger partial charge in [0.25, 0.3) is 0 Å². The summed E-state index contributed by atoms with van der Waals surface area (Å²) in [5, 5.41) is 9.33. The lowest BCUT2D eigenvalue weighted by Crippen LogP contribution is -2.25. The molecule has 0 fully saturated rings. The summed E-state index contributed by atoms with van der Waals surface area (Å²) in [5.74, 6) is 1.70. The number of hydrogen-bond acceptors (Lipinski definition) is 7. The van der Waals surface area contributed by atoms with Crippen molar-refractivity contribution in [2.45, 2.75) is 6.54 Å². The molecule has 1 aromatic carbocycles. The molecule has 8 heteroatoms. The molecule has 0 amide bonds. The summed E-state index contributed by atoms with van der Waals surface area (Å²) in [7, 11) is 13.0. The van der Waals surface area contributed by atoms with Gasteiger partial charge in [-0.3, -0.25) is 0 Å². The zero-order chi connectivity index (χ0) is 16.3. The van der Waals surface area contributed by atoms with Crippen LogP contribution in [0.3, 0.4) is 0 Å². The van der Waals surface area contributed by atoms with E-state index in [0.29, 0.717) is 24.4 Å². The summed E-state index contributed by atoms with van der Waals surface area (Å²) in [6, 6.07) is 7.02. The minimum absolute atomic E-state index is 0.244. The average molecular weight is 298 g/mol. The van der Waals surface area contributed by atoms with E-state index in [2.05, 4.69) is 15.0 Å². The summed E-state index contributed by atoms with van der Waals surface area (Å²) in [6.07, 6.45) is 0. The van der Waals surface area contributed by atoms with Crippen LogP contribution >= 0.6 is 0 Å². The summed E-state index contributed by atoms with van der Waals surface area (Å²) in [6.45, 7) is 0.602. The number of nitrogens with zero attached hydrogens (tertiary/aromatic N) is 6. The molecule has 0 spiro atoms. The van der Waals surface area contributed by atoms with Crippen LogP contribution in [0, 0.1) is 0 Å². The van der Waals surface area contributed by atoms with Crippen LogP contribution in [-0.4, -0.2) is 56.2 Å². The van der Waals surface area contributed by atoms with Gasteiger partial charge in [0.2, 0.25) is 25.8 Å². The third kappa shape index (κ3) is 3.78. The van der Waals surface area contributed by atoms with E-state index >= 15 is 0 Å². The van der Waals surface area contributed by atoms with Crippen molar-refractivity contribution in [1.29, 1.82) is 0 Å². The van der Waals surface area contributed by atoms with Crippen molar-refractivity contribution in [1.82, 2.24) is 15.0 Å². The van der Waals surface area contributed by atoms with E-state index in [-0.39, 0.29) is 5.75 Å². The van der Waals surface area contributed by atoms with Crippen LogP contribution in [-0.2, 0) is 6.54 Å². The highest BCUT2D eigenvalue weighted by Gasteiger charge is 2.13. The van der Waals surface area contributed by atoms with Gasteiger partial charge in [-0.1, -0.05) is 12.1 Å². The first-order valence-electron chi connectivity index (χ1n) is 6.77. The standard InChI is InChI=1S/C14H19BN6O/c1-19(2)12-16-13(18-14(17-12)21(4)15)20(3)9-10-5-7-11(22)8-6-10/h5-8,22H,9H2,1-4H3. The van der Waals surface area contributed by atoms with Gasteiger partial charge in [0.05, 0.1) is 0 Å². The second-order valence-corrected chi connectivity index (χ2v) is 5.26. The lowest BCUT2D eigenvalue weighted by molar-refractivity contribution is 0.475. The van der Waals surface area contributed by atoms with Gasteiger partial charge in [-0.2, -0.15) is 15.0 Å². The molecule has 114 valence electrons. The number of phenolic OH excluding ortho intramolecular Hbond substituents is 1. The van der Waals surface area contributed by atoms with Gasteiger partial charge < -0.3 is 19.7 Å². The van der Waals surface area contributed by atoms with E-state index < -0.39 is 0 Å². The highest BCUT2D eigenvalue weighted by molar-refractivity contribution is 6.16. The van der Waals surface area contributed by atoms with Crippen molar-refractivity contribution in [2.24, 2.45) is 0 Å². The first-order valence-corrected chi connectivity index (χ1v) is 6.77. The molecular formula is C14H19BN6O. The third-order valence-electron chi connectivity index (χ3n) is 3.01. The SMILES string of the molecule is [B]N(C)c1nc(N(C)C)nc(N(C)Cc2ccc(O)cc2)n1. The molecule has 0 aliphatic carbocycles. The predicted molar refractivity (Wildman–Crippen MR) is 88.5 cm³/mol. The fourth-order valence-electron chi connectivity index (χ4n) is 1.82. The molecule has 0 atom stereocenters. The largest absolute Gasteiger partial charge is 0.508 e. The summed E-state index contributed by atoms with van der Waals surface area (Å²) >= 11 is 0. The van der Waals surface area contributed by atoms with E-state index in [4.69, 9.17) is 7.98 Å². The second kappa shape index (κ2) is 6.51. The zero-order valence-electron chi connectivity index (χ0n) is 13.2. The topological polar surface area (TPSA) is 68.6 Å². The Hall–Kier alpha value is -2.51. The summed E-state index contributed by atoms with van der Waals surface area (Å²) in [4.78, 5) is 18.1. The summed E-state index contributed by atoms with van der Waals surface area (Å²) < 4.78 is 0. The molecule has 1 aromatic heterocycles. The zero-order valence-corrected chi connectivity index (χ0v) is 13.2. The molecule has 2 aromatic rings. The van der Waals surface area contributed by atoms with E-state index in [9.17, 15) is 5.11 Å². The Morgan fingerprint density at radius 2 is 1.45 bits per heavy atom. The number of anilines is 3. The van der Waals surface area contributed by atoms with Crippen molar-refractivity contribution in [3.05, 3.63) is 29.8 Å². The molecule has 2 rings (SSSR count). The summed E-state index contributed by atoms with van der Waals surface area (Å²) in [5.41, 5.74) is 1.04. The third-order valence-corrected chi connectivity index (χ3v) is 3.01. The quantitative estimate of drug-likeness (QED) is 0.819. The Bertz CT molecular complexity index is 605. The molecule has 0 aliphatic rings. The molecular weight excluding hydrogens is 279 g/mol. The Balaban J connectivity index is 2.27. The van der Waals surface area contributed by atoms with Crippen molar-refractivity contribution in [2.75, 3.05) is 42.8 Å². The molecule has 0 unspecified atom stereocenters. The molecule has 0 aliphatic heterocycles. The van der Waals surface area contributed by atoms with Crippen LogP contribution in [0.4, 0.5) is 17.8 Å². The van der Waals surface area contributed by atoms with Crippen LogP contribution in [0.15, 0.2) is 24.3 Å². The van der Waals surface area contributed by atoms with Gasteiger partial charge in [0.15, 0.2) is 0 Å². The smallest absolute Gasteiger partial charge is 0.231 e. The minimum atomic E-state index is 0.244. The number of hydrogen-bond donors (Lipinski definition) is 1. The number of aromatic nitrogens is 3. The molecule has 0 saturated heterocycles. The molecule has 7 nitrogen and oxygen atoms in total. The number of benzene rings is 1. The molecule has 1 heterocycles. The lowest BCUT2D eigenvalue weighted by Gasteiger charge is -2.21. The van der Waals surface area contributed by atoms with Crippen LogP contribution in [0.5, 0.6) is 5.75 Å². The van der Waals surface area contributed by atoms with E-state index in [0.717, 1.165) is 5.56 Å². The van der Waals surface area contributed by atoms with Gasteiger partial charge in [-0.25, -0.2) is 0 Å². The highest BCUT2D eigenvalue weighted by atomic mass is 16.3. The Kier molecular flexibility index (Phi) is 4.70. The maximum Gasteiger partial charge on any atom is 0.231 e. The van der Waals surface area contributed by atoms with Gasteiger partial charge in [0, 0.05) is 27.7 Å². The van der Waals surface area contributed by atoms with Crippen LogP contribution in [0.2, 0.25) is 0 Å². The van der Waals surface area contributed by atoms with E-state index in [1.165, 1.54) is 4.81 Å². The van der Waals surface area contributed by atoms with Gasteiger partial charge in [-0.15, -0.1) is 0 Å². The first kappa shape index (κ1) is 15.9. The van der Waals surface area contributed by atoms with Crippen molar-refractivity contribution < 1.29 is 5.11 Å². The number of aromatic hydroxyl groups is 1. The maximum atomic E-state index is 9.33. The fraction of sp³-hybridized carbons (Fsp3) is 0.357. The first-order chi connectivity index (χ1) is 10.4. The molecule has 22 heavy (non-hydrogen) atoms. The van der Waals surface area contributed by atoms with Crippen LogP contribution in [0.1, 0.15) is 5.56 Å². The molecule has 0 saturated carbocycles. The second-order valence-electron chi connectivity index (χ2n) is 5.26. The van der Waals surface area contributed by atoms with Crippen molar-refractivity contribution in [3.8, 4) is 5.75 Å². The lowest BCUT2D eigenvalue weighted by atomic mass is 10.2. The Labute approximate surface area is 131 Å². The Morgan fingerprint density at radius 3 is 2.00 bits per heavy atom. The van der Waals surface area contributed by atoms with E-state index in [1.54, 1.807) is 24.1 Å². The normalized spacial score (nSPS) is 10.4. The molecule has 2 radical (unpaired) electrons. The molecule has 0 bridgehead atoms. The minimum Gasteiger partial charge on any atom is -0.508 e. The average Bonchev–Trinajstić information content (AvgIpc) is 2.49. The fourth-order valence-corrected chi connectivity index (χ4v) is 1.82.